The summed E-state index contributed by atoms with van der Waals surface area (Å²) >= 11 is 0. The van der Waals surface area contributed by atoms with Crippen LogP contribution in [-0.4, -0.2) is 59.7 Å². The fourth-order valence-corrected chi connectivity index (χ4v) is 3.55. The van der Waals surface area contributed by atoms with Gasteiger partial charge in [0.2, 0.25) is 0 Å². The monoisotopic (exact) mass is 494 g/mol. The highest BCUT2D eigenvalue weighted by Gasteiger charge is 2.32. The van der Waals surface area contributed by atoms with Crippen LogP contribution >= 0.6 is 0 Å². The van der Waals surface area contributed by atoms with Crippen molar-refractivity contribution >= 4 is 23.5 Å². The molecule has 4 amide bonds. The summed E-state index contributed by atoms with van der Waals surface area (Å²) in [5, 5.41) is 15.6. The standard InChI is InChI=1S/C23H25F3N4O5/c24-23(25,26)15-3-1-4-16(11-15)28-22(34)30-10-2-5-19(31)18(12-30)29-21(33)14-6-8-17(9-7-14)35-13-20(27)32/h1,3-4,6-9,11,18-19,31H,2,5,10,12-13H2,(H2,27,32)(H,28,34)(H,29,33). The molecule has 1 aliphatic rings. The maximum Gasteiger partial charge on any atom is 0.416 e. The number of hydrogen-bond donors (Lipinski definition) is 4. The Morgan fingerprint density at radius 1 is 1.14 bits per heavy atom. The number of likely N-dealkylation sites (tertiary alicyclic amines) is 1. The number of carbonyl (C=O) groups excluding carboxylic acids is 3. The van der Waals surface area contributed by atoms with Gasteiger partial charge < -0.3 is 31.1 Å². The van der Waals surface area contributed by atoms with Gasteiger partial charge in [-0.1, -0.05) is 6.07 Å². The van der Waals surface area contributed by atoms with E-state index in [2.05, 4.69) is 10.6 Å². The molecule has 0 saturated carbocycles. The second kappa shape index (κ2) is 11.1. The molecule has 12 heteroatoms. The van der Waals surface area contributed by atoms with Gasteiger partial charge in [0, 0.05) is 24.3 Å². The van der Waals surface area contributed by atoms with Gasteiger partial charge in [-0.25, -0.2) is 4.79 Å². The molecule has 3 rings (SSSR count). The van der Waals surface area contributed by atoms with Crippen LogP contribution in [0.25, 0.3) is 0 Å². The predicted molar refractivity (Wildman–Crippen MR) is 120 cm³/mol. The van der Waals surface area contributed by atoms with Crippen molar-refractivity contribution in [3.63, 3.8) is 0 Å². The molecule has 1 heterocycles. The molecule has 1 fully saturated rings. The van der Waals surface area contributed by atoms with E-state index in [1.807, 2.05) is 0 Å². The number of ether oxygens (including phenoxy) is 1. The molecule has 0 spiro atoms. The number of amides is 4. The maximum absolute atomic E-state index is 12.9. The van der Waals surface area contributed by atoms with Gasteiger partial charge in [0.05, 0.1) is 17.7 Å². The van der Waals surface area contributed by atoms with Crippen molar-refractivity contribution < 1.29 is 37.4 Å². The molecule has 35 heavy (non-hydrogen) atoms. The first-order valence-electron chi connectivity index (χ1n) is 10.8. The van der Waals surface area contributed by atoms with Crippen molar-refractivity contribution in [2.45, 2.75) is 31.2 Å². The van der Waals surface area contributed by atoms with Crippen molar-refractivity contribution in [3.8, 4) is 5.75 Å². The van der Waals surface area contributed by atoms with E-state index in [4.69, 9.17) is 10.5 Å². The van der Waals surface area contributed by atoms with Crippen LogP contribution < -0.4 is 21.1 Å². The molecule has 2 unspecified atom stereocenters. The van der Waals surface area contributed by atoms with Gasteiger partial charge in [-0.15, -0.1) is 0 Å². The minimum absolute atomic E-state index is 0.0196. The number of nitrogens with two attached hydrogens (primary N) is 1. The van der Waals surface area contributed by atoms with E-state index in [0.717, 1.165) is 12.1 Å². The van der Waals surface area contributed by atoms with Gasteiger partial charge in [-0.2, -0.15) is 13.2 Å². The highest BCUT2D eigenvalue weighted by molar-refractivity contribution is 5.94. The first-order valence-corrected chi connectivity index (χ1v) is 10.8. The maximum atomic E-state index is 12.9. The molecule has 9 nitrogen and oxygen atoms in total. The summed E-state index contributed by atoms with van der Waals surface area (Å²) in [7, 11) is 0. The molecule has 1 aliphatic heterocycles. The first kappa shape index (κ1) is 25.8. The Kier molecular flexibility index (Phi) is 8.18. The van der Waals surface area contributed by atoms with Crippen LogP contribution in [0.3, 0.4) is 0 Å². The number of aliphatic hydroxyl groups excluding tert-OH is 1. The van der Waals surface area contributed by atoms with Gasteiger partial charge in [0.15, 0.2) is 6.61 Å². The van der Waals surface area contributed by atoms with Crippen LogP contribution in [0.1, 0.15) is 28.8 Å². The van der Waals surface area contributed by atoms with E-state index in [0.29, 0.717) is 18.6 Å². The van der Waals surface area contributed by atoms with Gasteiger partial charge in [0.25, 0.3) is 11.8 Å². The van der Waals surface area contributed by atoms with Gasteiger partial charge in [0.1, 0.15) is 5.75 Å². The number of nitrogens with zero attached hydrogens (tertiary/aromatic N) is 1. The van der Waals surface area contributed by atoms with E-state index >= 15 is 0 Å². The quantitative estimate of drug-likeness (QED) is 0.489. The molecule has 0 aromatic heterocycles. The Balaban J connectivity index is 1.64. The predicted octanol–water partition coefficient (Wildman–Crippen LogP) is 2.36. The summed E-state index contributed by atoms with van der Waals surface area (Å²) in [6, 6.07) is 8.72. The van der Waals surface area contributed by atoms with Crippen LogP contribution in [0.5, 0.6) is 5.75 Å². The molecule has 0 bridgehead atoms. The second-order valence-electron chi connectivity index (χ2n) is 8.02. The van der Waals surface area contributed by atoms with E-state index in [1.165, 1.54) is 41.3 Å². The van der Waals surface area contributed by atoms with E-state index in [9.17, 15) is 32.7 Å². The topological polar surface area (TPSA) is 134 Å². The highest BCUT2D eigenvalue weighted by Crippen LogP contribution is 2.30. The molecule has 0 radical (unpaired) electrons. The molecular weight excluding hydrogens is 469 g/mol. The van der Waals surface area contributed by atoms with Crippen molar-refractivity contribution in [2.75, 3.05) is 25.0 Å². The number of halogens is 3. The number of aliphatic hydroxyl groups is 1. The zero-order chi connectivity index (χ0) is 25.6. The number of rotatable bonds is 6. The van der Waals surface area contributed by atoms with Crippen LogP contribution in [0.4, 0.5) is 23.7 Å². The Bertz CT molecular complexity index is 1060. The smallest absolute Gasteiger partial charge is 0.416 e. The lowest BCUT2D eigenvalue weighted by Gasteiger charge is -2.27. The SMILES string of the molecule is NC(=O)COc1ccc(C(=O)NC2CN(C(=O)Nc3cccc(C(F)(F)F)c3)CCCC2O)cc1. The fraction of sp³-hybridized carbons (Fsp3) is 0.348. The third-order valence-electron chi connectivity index (χ3n) is 5.35. The highest BCUT2D eigenvalue weighted by atomic mass is 19.4. The summed E-state index contributed by atoms with van der Waals surface area (Å²) in [5.41, 5.74) is 4.37. The number of alkyl halides is 3. The van der Waals surface area contributed by atoms with E-state index in [-0.39, 0.29) is 30.9 Å². The molecule has 188 valence electrons. The lowest BCUT2D eigenvalue weighted by atomic mass is 10.1. The molecular formula is C23H25F3N4O5. The summed E-state index contributed by atoms with van der Waals surface area (Å²) in [5.74, 6) is -0.807. The van der Waals surface area contributed by atoms with E-state index < -0.39 is 41.7 Å². The Morgan fingerprint density at radius 2 is 1.86 bits per heavy atom. The number of urea groups is 1. The largest absolute Gasteiger partial charge is 0.484 e. The summed E-state index contributed by atoms with van der Waals surface area (Å²) in [6.07, 6.45) is -4.72. The fourth-order valence-electron chi connectivity index (χ4n) is 3.55. The number of anilines is 1. The minimum atomic E-state index is -4.55. The van der Waals surface area contributed by atoms with Crippen LogP contribution in [0.2, 0.25) is 0 Å². The molecule has 1 saturated heterocycles. The number of hydrogen-bond acceptors (Lipinski definition) is 5. The third-order valence-corrected chi connectivity index (χ3v) is 5.35. The molecule has 2 aromatic carbocycles. The van der Waals surface area contributed by atoms with Crippen LogP contribution in [0.15, 0.2) is 48.5 Å². The lowest BCUT2D eigenvalue weighted by Crippen LogP contribution is -2.50. The third kappa shape index (κ3) is 7.34. The normalized spacial score (nSPS) is 18.3. The Morgan fingerprint density at radius 3 is 2.51 bits per heavy atom. The number of primary amides is 1. The minimum Gasteiger partial charge on any atom is -0.484 e. The molecule has 5 N–H and O–H groups in total. The number of carbonyl (C=O) groups is 3. The summed E-state index contributed by atoms with van der Waals surface area (Å²) in [4.78, 5) is 37.5. The van der Waals surface area contributed by atoms with Gasteiger partial charge in [-0.3, -0.25) is 9.59 Å². The van der Waals surface area contributed by atoms with Crippen molar-refractivity contribution in [2.24, 2.45) is 5.73 Å². The lowest BCUT2D eigenvalue weighted by molar-refractivity contribution is -0.137. The molecule has 2 aromatic rings. The molecule has 2 atom stereocenters. The average molecular weight is 494 g/mol. The van der Waals surface area contributed by atoms with Crippen LogP contribution in [0, 0.1) is 0 Å². The molecule has 0 aliphatic carbocycles. The van der Waals surface area contributed by atoms with Gasteiger partial charge in [-0.05, 0) is 55.3 Å². The second-order valence-corrected chi connectivity index (χ2v) is 8.02. The van der Waals surface area contributed by atoms with Gasteiger partial charge >= 0.3 is 12.2 Å². The Hall–Kier alpha value is -3.80. The number of nitrogens with one attached hydrogen (secondary N) is 2. The van der Waals surface area contributed by atoms with Crippen molar-refractivity contribution in [1.29, 1.82) is 0 Å². The van der Waals surface area contributed by atoms with Crippen molar-refractivity contribution in [1.82, 2.24) is 10.2 Å². The van der Waals surface area contributed by atoms with Crippen LogP contribution in [-0.2, 0) is 11.0 Å². The van der Waals surface area contributed by atoms with Crippen molar-refractivity contribution in [3.05, 3.63) is 59.7 Å². The summed E-state index contributed by atoms with van der Waals surface area (Å²) in [6.45, 7) is -0.101. The number of benzene rings is 2. The average Bonchev–Trinajstić information content (AvgIpc) is 2.99. The van der Waals surface area contributed by atoms with E-state index in [1.54, 1.807) is 0 Å². The zero-order valence-corrected chi connectivity index (χ0v) is 18.5. The summed E-state index contributed by atoms with van der Waals surface area (Å²) < 4.78 is 44.0. The zero-order valence-electron chi connectivity index (χ0n) is 18.5. The first-order chi connectivity index (χ1) is 16.5. The Labute approximate surface area is 199 Å².